The Morgan fingerprint density at radius 3 is 2.65 bits per heavy atom. The van der Waals surface area contributed by atoms with Crippen molar-refractivity contribution in [1.82, 2.24) is 15.2 Å². The number of hydrogen-bond acceptors (Lipinski definition) is 5. The van der Waals surface area contributed by atoms with Crippen LogP contribution in [0.25, 0.3) is 0 Å². The van der Waals surface area contributed by atoms with Crippen LogP contribution in [0, 0.1) is 0 Å². The van der Waals surface area contributed by atoms with Gasteiger partial charge >= 0.3 is 6.18 Å². The van der Waals surface area contributed by atoms with Gasteiger partial charge in [0.1, 0.15) is 0 Å². The maximum Gasteiger partial charge on any atom is 0.416 e. The van der Waals surface area contributed by atoms with Gasteiger partial charge in [0.05, 0.1) is 16.8 Å². The second-order valence-corrected chi connectivity index (χ2v) is 7.11. The number of nitrogens with one attached hydrogen (secondary N) is 1. The number of nitrogens with zero attached hydrogens (tertiary/aromatic N) is 3. The molecule has 2 aromatic rings. The van der Waals surface area contributed by atoms with E-state index in [1.165, 1.54) is 12.1 Å². The zero-order valence-electron chi connectivity index (χ0n) is 14.5. The van der Waals surface area contributed by atoms with Crippen LogP contribution in [0.15, 0.2) is 35.2 Å². The van der Waals surface area contributed by atoms with Gasteiger partial charge in [0.25, 0.3) is 0 Å². The van der Waals surface area contributed by atoms with E-state index in [1.54, 1.807) is 17.4 Å². The first-order valence-corrected chi connectivity index (χ1v) is 9.69. The van der Waals surface area contributed by atoms with Crippen LogP contribution in [0.1, 0.15) is 17.7 Å². The molecule has 3 rings (SSSR count). The number of anilines is 1. The van der Waals surface area contributed by atoms with E-state index in [0.29, 0.717) is 5.69 Å². The van der Waals surface area contributed by atoms with E-state index in [-0.39, 0.29) is 0 Å². The molecule has 1 aliphatic heterocycles. The van der Waals surface area contributed by atoms with Crippen LogP contribution in [0.3, 0.4) is 0 Å². The molecule has 0 bridgehead atoms. The third-order valence-electron chi connectivity index (χ3n) is 4.53. The number of piperazine rings is 1. The molecule has 1 aliphatic rings. The van der Waals surface area contributed by atoms with Crippen molar-refractivity contribution >= 4 is 17.0 Å². The first-order chi connectivity index (χ1) is 12.5. The summed E-state index contributed by atoms with van der Waals surface area (Å²) in [6.45, 7) is 6.00. The van der Waals surface area contributed by atoms with Gasteiger partial charge in [-0.1, -0.05) is 6.07 Å². The molecule has 1 saturated heterocycles. The van der Waals surface area contributed by atoms with Gasteiger partial charge in [-0.05, 0) is 37.7 Å². The van der Waals surface area contributed by atoms with Crippen molar-refractivity contribution in [3.63, 3.8) is 0 Å². The quantitative estimate of drug-likeness (QED) is 0.741. The molecule has 1 aromatic heterocycles. The summed E-state index contributed by atoms with van der Waals surface area (Å²) in [7, 11) is 0. The smallest absolute Gasteiger partial charge is 0.369 e. The van der Waals surface area contributed by atoms with Gasteiger partial charge in [0.2, 0.25) is 0 Å². The zero-order chi connectivity index (χ0) is 18.4. The van der Waals surface area contributed by atoms with Crippen molar-refractivity contribution in [1.29, 1.82) is 0 Å². The lowest BCUT2D eigenvalue weighted by Gasteiger charge is -2.36. The van der Waals surface area contributed by atoms with E-state index in [0.717, 1.165) is 64.0 Å². The second kappa shape index (κ2) is 8.83. The van der Waals surface area contributed by atoms with Crippen LogP contribution >= 0.6 is 11.3 Å². The molecule has 0 aliphatic carbocycles. The maximum atomic E-state index is 12.9. The Hall–Kier alpha value is -1.64. The van der Waals surface area contributed by atoms with Gasteiger partial charge in [-0.3, -0.25) is 4.90 Å². The number of hydrogen-bond donors (Lipinski definition) is 1. The third-order valence-corrected chi connectivity index (χ3v) is 5.16. The van der Waals surface area contributed by atoms with Crippen LogP contribution in [-0.4, -0.2) is 49.2 Å². The fourth-order valence-corrected chi connectivity index (χ4v) is 3.64. The van der Waals surface area contributed by atoms with Crippen molar-refractivity contribution in [2.75, 3.05) is 44.2 Å². The Balaban J connectivity index is 1.37. The molecule has 1 aromatic carbocycles. The maximum absolute atomic E-state index is 12.9. The normalized spacial score (nSPS) is 16.2. The molecule has 142 valence electrons. The Kier molecular flexibility index (Phi) is 6.50. The summed E-state index contributed by atoms with van der Waals surface area (Å²) in [4.78, 5) is 8.64. The Labute approximate surface area is 155 Å². The molecule has 26 heavy (non-hydrogen) atoms. The fraction of sp³-hybridized carbons (Fsp3) is 0.500. The summed E-state index contributed by atoms with van der Waals surface area (Å²) < 4.78 is 38.6. The minimum absolute atomic E-state index is 0.580. The summed E-state index contributed by atoms with van der Waals surface area (Å²) >= 11 is 1.60. The first-order valence-electron chi connectivity index (χ1n) is 8.75. The predicted octanol–water partition coefficient (Wildman–Crippen LogP) is 3.46. The van der Waals surface area contributed by atoms with Crippen molar-refractivity contribution < 1.29 is 13.2 Å². The Morgan fingerprint density at radius 1 is 1.15 bits per heavy atom. The minimum Gasteiger partial charge on any atom is -0.369 e. The molecule has 4 nitrogen and oxygen atoms in total. The molecule has 2 heterocycles. The Bertz CT molecular complexity index is 667. The Morgan fingerprint density at radius 2 is 1.96 bits per heavy atom. The van der Waals surface area contributed by atoms with E-state index in [4.69, 9.17) is 0 Å². The summed E-state index contributed by atoms with van der Waals surface area (Å²) in [5.74, 6) is 0. The fourth-order valence-electron chi connectivity index (χ4n) is 3.08. The standard InChI is InChI=1S/C18H23F3N4S/c19-18(20,21)15-3-1-4-17(11-15)25-9-7-24(8-10-25)6-2-5-22-12-16-13-26-14-23-16/h1,3-4,11,13-14,22H,2,5-10,12H2. The second-order valence-electron chi connectivity index (χ2n) is 6.39. The van der Waals surface area contributed by atoms with Crippen LogP contribution < -0.4 is 10.2 Å². The van der Waals surface area contributed by atoms with Crippen LogP contribution in [-0.2, 0) is 12.7 Å². The molecule has 0 unspecified atom stereocenters. The highest BCUT2D eigenvalue weighted by Crippen LogP contribution is 2.31. The van der Waals surface area contributed by atoms with E-state index in [9.17, 15) is 13.2 Å². The lowest BCUT2D eigenvalue weighted by Crippen LogP contribution is -2.47. The number of aromatic nitrogens is 1. The van der Waals surface area contributed by atoms with Gasteiger partial charge < -0.3 is 10.2 Å². The summed E-state index contributed by atoms with van der Waals surface area (Å²) in [5.41, 5.74) is 2.98. The zero-order valence-corrected chi connectivity index (χ0v) is 15.3. The minimum atomic E-state index is -4.29. The molecule has 1 fully saturated rings. The molecule has 1 N–H and O–H groups in total. The molecule has 0 saturated carbocycles. The monoisotopic (exact) mass is 384 g/mol. The van der Waals surface area contributed by atoms with Crippen LogP contribution in [0.2, 0.25) is 0 Å². The molecule has 0 amide bonds. The van der Waals surface area contributed by atoms with Crippen molar-refractivity contribution in [3.8, 4) is 0 Å². The highest BCUT2D eigenvalue weighted by molar-refractivity contribution is 7.07. The first kappa shape index (κ1) is 19.1. The molecular formula is C18H23F3N4S. The van der Waals surface area contributed by atoms with E-state index in [1.807, 2.05) is 15.8 Å². The molecule has 0 radical (unpaired) electrons. The van der Waals surface area contributed by atoms with Gasteiger partial charge in [-0.25, -0.2) is 4.98 Å². The highest BCUT2D eigenvalue weighted by Gasteiger charge is 2.31. The largest absolute Gasteiger partial charge is 0.416 e. The van der Waals surface area contributed by atoms with E-state index < -0.39 is 11.7 Å². The van der Waals surface area contributed by atoms with Crippen LogP contribution in [0.5, 0.6) is 0 Å². The highest BCUT2D eigenvalue weighted by atomic mass is 32.1. The molecule has 0 spiro atoms. The molecule has 0 atom stereocenters. The van der Waals surface area contributed by atoms with Crippen LogP contribution in [0.4, 0.5) is 18.9 Å². The lowest BCUT2D eigenvalue weighted by atomic mass is 10.1. The number of halogens is 3. The van der Waals surface area contributed by atoms with Gasteiger partial charge in [-0.2, -0.15) is 13.2 Å². The summed E-state index contributed by atoms with van der Waals surface area (Å²) in [6, 6.07) is 5.61. The number of rotatable bonds is 7. The summed E-state index contributed by atoms with van der Waals surface area (Å²) in [6.07, 6.45) is -3.24. The predicted molar refractivity (Wildman–Crippen MR) is 98.5 cm³/mol. The van der Waals surface area contributed by atoms with Crippen molar-refractivity contribution in [3.05, 3.63) is 46.4 Å². The average molecular weight is 384 g/mol. The number of alkyl halides is 3. The summed E-state index contributed by atoms with van der Waals surface area (Å²) in [5, 5.41) is 5.42. The van der Waals surface area contributed by atoms with E-state index >= 15 is 0 Å². The number of benzene rings is 1. The van der Waals surface area contributed by atoms with Crippen molar-refractivity contribution in [2.45, 2.75) is 19.1 Å². The van der Waals surface area contributed by atoms with Gasteiger partial charge in [0.15, 0.2) is 0 Å². The van der Waals surface area contributed by atoms with E-state index in [2.05, 4.69) is 15.2 Å². The third kappa shape index (κ3) is 5.43. The van der Waals surface area contributed by atoms with Gasteiger partial charge in [0, 0.05) is 43.8 Å². The lowest BCUT2D eigenvalue weighted by molar-refractivity contribution is -0.137. The average Bonchev–Trinajstić information content (AvgIpc) is 3.15. The van der Waals surface area contributed by atoms with Crippen molar-refractivity contribution in [2.24, 2.45) is 0 Å². The molecule has 8 heteroatoms. The molecular weight excluding hydrogens is 361 g/mol. The van der Waals surface area contributed by atoms with Gasteiger partial charge in [-0.15, -0.1) is 11.3 Å². The topological polar surface area (TPSA) is 31.4 Å². The number of thiazole rings is 1. The SMILES string of the molecule is FC(F)(F)c1cccc(N2CCN(CCCNCc3cscn3)CC2)c1.